The van der Waals surface area contributed by atoms with Gasteiger partial charge in [0.25, 0.3) is 5.91 Å². The number of imide groups is 1. The molecule has 3 N–H and O–H groups in total. The van der Waals surface area contributed by atoms with E-state index in [-0.39, 0.29) is 17.9 Å². The zero-order valence-corrected chi connectivity index (χ0v) is 18.7. The maximum atomic E-state index is 13.2. The fourth-order valence-electron chi connectivity index (χ4n) is 4.62. The molecule has 1 aliphatic carbocycles. The Balaban J connectivity index is 1.45. The second kappa shape index (κ2) is 10.0. The number of carbonyl (C=O) groups excluding carboxylic acids is 3. The average Bonchev–Trinajstić information content (AvgIpc) is 3.31. The lowest BCUT2D eigenvalue weighted by Gasteiger charge is -2.36. The van der Waals surface area contributed by atoms with Crippen molar-refractivity contribution in [3.8, 4) is 0 Å². The molecule has 0 aromatic heterocycles. The third-order valence-corrected chi connectivity index (χ3v) is 6.42. The van der Waals surface area contributed by atoms with E-state index < -0.39 is 17.9 Å². The Kier molecular flexibility index (Phi) is 6.91. The first-order valence-electron chi connectivity index (χ1n) is 11.5. The summed E-state index contributed by atoms with van der Waals surface area (Å²) in [5.41, 5.74) is 2.83. The molecular formula is C25H29FN4O3. The van der Waals surface area contributed by atoms with Gasteiger partial charge < -0.3 is 15.5 Å². The summed E-state index contributed by atoms with van der Waals surface area (Å²) in [5, 5.41) is 8.27. The van der Waals surface area contributed by atoms with E-state index in [1.807, 2.05) is 23.1 Å². The molecule has 4 amide bonds. The van der Waals surface area contributed by atoms with Crippen LogP contribution in [-0.4, -0.2) is 36.5 Å². The predicted molar refractivity (Wildman–Crippen MR) is 125 cm³/mol. The molecule has 1 fully saturated rings. The van der Waals surface area contributed by atoms with Crippen LogP contribution in [0.4, 0.5) is 20.6 Å². The van der Waals surface area contributed by atoms with E-state index in [0.29, 0.717) is 17.8 Å². The van der Waals surface area contributed by atoms with Crippen LogP contribution < -0.4 is 20.9 Å². The fraction of sp³-hybridized carbons (Fsp3) is 0.400. The molecule has 1 unspecified atom stereocenters. The van der Waals surface area contributed by atoms with E-state index in [2.05, 4.69) is 16.0 Å². The van der Waals surface area contributed by atoms with Crippen molar-refractivity contribution in [1.29, 1.82) is 0 Å². The van der Waals surface area contributed by atoms with Crippen LogP contribution in [-0.2, 0) is 11.2 Å². The number of fused-ring (bicyclic) bond motifs is 1. The molecule has 0 spiro atoms. The van der Waals surface area contributed by atoms with Crippen LogP contribution in [0.2, 0.25) is 0 Å². The molecule has 4 rings (SSSR count). The van der Waals surface area contributed by atoms with Gasteiger partial charge in [-0.25, -0.2) is 9.18 Å². The molecule has 1 heterocycles. The molecule has 2 aliphatic rings. The maximum Gasteiger partial charge on any atom is 0.321 e. The van der Waals surface area contributed by atoms with Gasteiger partial charge in [-0.05, 0) is 74.6 Å². The maximum absolute atomic E-state index is 13.2. The Bertz CT molecular complexity index is 1030. The number of hydrogen-bond donors (Lipinski definition) is 3. The molecule has 0 saturated heterocycles. The van der Waals surface area contributed by atoms with Gasteiger partial charge in [-0.1, -0.05) is 18.9 Å². The lowest BCUT2D eigenvalue weighted by atomic mass is 9.98. The topological polar surface area (TPSA) is 90.5 Å². The SMILES string of the molecule is CC(C(=O)NC(=O)NC1CCCC1)N1CCCc2c(NC(=O)c3ccc(F)cc3)cccc21. The summed E-state index contributed by atoms with van der Waals surface area (Å²) in [7, 11) is 0. The summed E-state index contributed by atoms with van der Waals surface area (Å²) >= 11 is 0. The Labute approximate surface area is 192 Å². The summed E-state index contributed by atoms with van der Waals surface area (Å²) < 4.78 is 13.2. The summed E-state index contributed by atoms with van der Waals surface area (Å²) in [5.74, 6) is -1.09. The van der Waals surface area contributed by atoms with E-state index in [1.165, 1.54) is 24.3 Å². The first kappa shape index (κ1) is 22.8. The minimum Gasteiger partial charge on any atom is -0.359 e. The first-order valence-corrected chi connectivity index (χ1v) is 11.5. The Morgan fingerprint density at radius 2 is 1.76 bits per heavy atom. The molecule has 8 heteroatoms. The molecule has 0 bridgehead atoms. The molecule has 0 radical (unpaired) electrons. The molecule has 1 saturated carbocycles. The third kappa shape index (κ3) is 5.32. The number of halogens is 1. The number of nitrogens with zero attached hydrogens (tertiary/aromatic N) is 1. The average molecular weight is 453 g/mol. The zero-order chi connectivity index (χ0) is 23.4. The molecule has 174 valence electrons. The van der Waals surface area contributed by atoms with Gasteiger partial charge in [0, 0.05) is 29.5 Å². The Morgan fingerprint density at radius 1 is 1.03 bits per heavy atom. The summed E-state index contributed by atoms with van der Waals surface area (Å²) in [4.78, 5) is 39.6. The molecule has 7 nitrogen and oxygen atoms in total. The number of carbonyl (C=O) groups is 3. The molecule has 2 aromatic rings. The Morgan fingerprint density at radius 3 is 2.48 bits per heavy atom. The van der Waals surface area contributed by atoms with Crippen molar-refractivity contribution in [2.24, 2.45) is 0 Å². The summed E-state index contributed by atoms with van der Waals surface area (Å²) in [6.07, 6.45) is 5.65. The number of nitrogens with one attached hydrogen (secondary N) is 3. The van der Waals surface area contributed by atoms with Crippen molar-refractivity contribution in [1.82, 2.24) is 10.6 Å². The van der Waals surface area contributed by atoms with Gasteiger partial charge in [-0.3, -0.25) is 14.9 Å². The summed E-state index contributed by atoms with van der Waals surface area (Å²) in [6.45, 7) is 2.44. The lowest BCUT2D eigenvalue weighted by molar-refractivity contribution is -0.121. The smallest absolute Gasteiger partial charge is 0.321 e. The van der Waals surface area contributed by atoms with Gasteiger partial charge in [0.15, 0.2) is 0 Å². The van der Waals surface area contributed by atoms with Crippen molar-refractivity contribution in [3.63, 3.8) is 0 Å². The van der Waals surface area contributed by atoms with E-state index in [9.17, 15) is 18.8 Å². The van der Waals surface area contributed by atoms with Crippen molar-refractivity contribution >= 4 is 29.2 Å². The zero-order valence-electron chi connectivity index (χ0n) is 18.7. The number of anilines is 2. The van der Waals surface area contributed by atoms with Crippen LogP contribution in [0, 0.1) is 5.82 Å². The van der Waals surface area contributed by atoms with Crippen molar-refractivity contribution in [3.05, 3.63) is 59.4 Å². The van der Waals surface area contributed by atoms with Gasteiger partial charge in [0.1, 0.15) is 11.9 Å². The molecule has 33 heavy (non-hydrogen) atoms. The van der Waals surface area contributed by atoms with Crippen molar-refractivity contribution < 1.29 is 18.8 Å². The van der Waals surface area contributed by atoms with Gasteiger partial charge in [0.2, 0.25) is 5.91 Å². The highest BCUT2D eigenvalue weighted by Crippen LogP contribution is 2.34. The van der Waals surface area contributed by atoms with Crippen LogP contribution in [0.25, 0.3) is 0 Å². The number of benzene rings is 2. The molecule has 1 aliphatic heterocycles. The largest absolute Gasteiger partial charge is 0.359 e. The van der Waals surface area contributed by atoms with Crippen LogP contribution in [0.1, 0.15) is 54.9 Å². The molecule has 1 atom stereocenters. The second-order valence-corrected chi connectivity index (χ2v) is 8.68. The number of amides is 4. The van der Waals surface area contributed by atoms with Gasteiger partial charge in [0.05, 0.1) is 0 Å². The monoisotopic (exact) mass is 452 g/mol. The van der Waals surface area contributed by atoms with E-state index in [4.69, 9.17) is 0 Å². The van der Waals surface area contributed by atoms with Crippen LogP contribution in [0.15, 0.2) is 42.5 Å². The van der Waals surface area contributed by atoms with Crippen LogP contribution in [0.5, 0.6) is 0 Å². The standard InChI is InChI=1S/C25H29FN4O3/c1-16(23(31)29-25(33)27-19-6-2-3-7-19)30-15-5-8-20-21(9-4-10-22(20)30)28-24(32)17-11-13-18(26)14-12-17/h4,9-14,16,19H,2-3,5-8,15H2,1H3,(H,28,32)(H2,27,29,31,33). The number of urea groups is 1. The highest BCUT2D eigenvalue weighted by atomic mass is 19.1. The van der Waals surface area contributed by atoms with E-state index in [1.54, 1.807) is 6.92 Å². The fourth-order valence-corrected chi connectivity index (χ4v) is 4.62. The normalized spacial score (nSPS) is 16.6. The minimum absolute atomic E-state index is 0.135. The van der Waals surface area contributed by atoms with E-state index in [0.717, 1.165) is 49.8 Å². The third-order valence-electron chi connectivity index (χ3n) is 6.42. The highest BCUT2D eigenvalue weighted by Gasteiger charge is 2.29. The molecule has 2 aromatic carbocycles. The minimum atomic E-state index is -0.554. The highest BCUT2D eigenvalue weighted by molar-refractivity contribution is 6.05. The van der Waals surface area contributed by atoms with Crippen molar-refractivity contribution in [2.75, 3.05) is 16.8 Å². The quantitative estimate of drug-likeness (QED) is 0.640. The summed E-state index contributed by atoms with van der Waals surface area (Å²) in [6, 6.07) is 10.1. The molecular weight excluding hydrogens is 423 g/mol. The second-order valence-electron chi connectivity index (χ2n) is 8.68. The van der Waals surface area contributed by atoms with Gasteiger partial charge in [-0.2, -0.15) is 0 Å². The van der Waals surface area contributed by atoms with Crippen LogP contribution >= 0.6 is 0 Å². The number of rotatable bonds is 5. The number of hydrogen-bond acceptors (Lipinski definition) is 4. The first-order chi connectivity index (χ1) is 15.9. The predicted octanol–water partition coefficient (Wildman–Crippen LogP) is 3.99. The van der Waals surface area contributed by atoms with Gasteiger partial charge >= 0.3 is 6.03 Å². The van der Waals surface area contributed by atoms with Crippen LogP contribution in [0.3, 0.4) is 0 Å². The Hall–Kier alpha value is -3.42. The van der Waals surface area contributed by atoms with Gasteiger partial charge in [-0.15, -0.1) is 0 Å². The lowest BCUT2D eigenvalue weighted by Crippen LogP contribution is -2.52. The van der Waals surface area contributed by atoms with E-state index >= 15 is 0 Å². The van der Waals surface area contributed by atoms with Crippen molar-refractivity contribution in [2.45, 2.75) is 57.5 Å².